The highest BCUT2D eigenvalue weighted by atomic mass is 79.9. The summed E-state index contributed by atoms with van der Waals surface area (Å²) in [7, 11) is 0. The number of benzene rings is 1. The molecule has 0 amide bonds. The van der Waals surface area contributed by atoms with E-state index in [1.54, 1.807) is 12.1 Å². The molecule has 0 fully saturated rings. The fourth-order valence-electron chi connectivity index (χ4n) is 1.78. The Hall–Kier alpha value is -0.440. The quantitative estimate of drug-likeness (QED) is 0.643. The topological polar surface area (TPSA) is 13.1 Å². The SMILES string of the molecule is Cc1cc(C(Br)c2cc(Cl)ccc2Cl)c(C)o1. The lowest BCUT2D eigenvalue weighted by Gasteiger charge is -2.11. The van der Waals surface area contributed by atoms with Crippen LogP contribution in [0.2, 0.25) is 10.0 Å². The van der Waals surface area contributed by atoms with Crippen LogP contribution in [0.4, 0.5) is 0 Å². The summed E-state index contributed by atoms with van der Waals surface area (Å²) in [6.07, 6.45) is 0. The zero-order valence-corrected chi connectivity index (χ0v) is 12.5. The summed E-state index contributed by atoms with van der Waals surface area (Å²) in [6.45, 7) is 3.87. The highest BCUT2D eigenvalue weighted by Crippen LogP contribution is 2.38. The Labute approximate surface area is 119 Å². The zero-order chi connectivity index (χ0) is 12.6. The van der Waals surface area contributed by atoms with Crippen molar-refractivity contribution in [3.63, 3.8) is 0 Å². The number of halogens is 3. The normalized spacial score (nSPS) is 12.8. The average molecular weight is 334 g/mol. The van der Waals surface area contributed by atoms with Crippen LogP contribution in [0.5, 0.6) is 0 Å². The minimum absolute atomic E-state index is 0.00819. The maximum atomic E-state index is 6.18. The summed E-state index contributed by atoms with van der Waals surface area (Å²) >= 11 is 15.8. The molecule has 1 aromatic carbocycles. The Morgan fingerprint density at radius 2 is 1.82 bits per heavy atom. The lowest BCUT2D eigenvalue weighted by molar-refractivity contribution is 0.502. The third-order valence-corrected chi connectivity index (χ3v) is 4.15. The van der Waals surface area contributed by atoms with Crippen molar-refractivity contribution in [1.29, 1.82) is 0 Å². The highest BCUT2D eigenvalue weighted by Gasteiger charge is 2.18. The van der Waals surface area contributed by atoms with Crippen LogP contribution in [-0.2, 0) is 0 Å². The third kappa shape index (κ3) is 2.70. The standard InChI is InChI=1S/C13H11BrCl2O/c1-7-5-10(8(2)17-7)13(14)11-6-9(15)3-4-12(11)16/h3-6,13H,1-2H3. The molecule has 2 aromatic rings. The summed E-state index contributed by atoms with van der Waals surface area (Å²) in [5, 5.41) is 1.36. The van der Waals surface area contributed by atoms with Gasteiger partial charge in [0.2, 0.25) is 0 Å². The lowest BCUT2D eigenvalue weighted by Crippen LogP contribution is -1.94. The number of alkyl halides is 1. The number of aryl methyl sites for hydroxylation is 2. The summed E-state index contributed by atoms with van der Waals surface area (Å²) in [5.41, 5.74) is 2.02. The van der Waals surface area contributed by atoms with Gasteiger partial charge >= 0.3 is 0 Å². The second kappa shape index (κ2) is 5.05. The molecule has 0 radical (unpaired) electrons. The summed E-state index contributed by atoms with van der Waals surface area (Å²) in [5.74, 6) is 1.78. The van der Waals surface area contributed by atoms with Crippen molar-refractivity contribution in [2.24, 2.45) is 0 Å². The fraction of sp³-hybridized carbons (Fsp3) is 0.231. The molecule has 0 aliphatic carbocycles. The van der Waals surface area contributed by atoms with Crippen LogP contribution in [0, 0.1) is 13.8 Å². The van der Waals surface area contributed by atoms with Gasteiger partial charge in [0.15, 0.2) is 0 Å². The van der Waals surface area contributed by atoms with Crippen molar-refractivity contribution in [3.8, 4) is 0 Å². The molecule has 1 unspecified atom stereocenters. The predicted octanol–water partition coefficient (Wildman–Crippen LogP) is 5.69. The van der Waals surface area contributed by atoms with E-state index in [4.69, 9.17) is 27.6 Å². The maximum Gasteiger partial charge on any atom is 0.105 e. The van der Waals surface area contributed by atoms with Gasteiger partial charge < -0.3 is 4.42 Å². The first-order chi connectivity index (χ1) is 7.99. The van der Waals surface area contributed by atoms with Crippen molar-refractivity contribution >= 4 is 39.1 Å². The van der Waals surface area contributed by atoms with Gasteiger partial charge in [-0.1, -0.05) is 39.1 Å². The summed E-state index contributed by atoms with van der Waals surface area (Å²) < 4.78 is 5.52. The predicted molar refractivity (Wildman–Crippen MR) is 75.4 cm³/mol. The van der Waals surface area contributed by atoms with Gasteiger partial charge in [0.1, 0.15) is 11.5 Å². The minimum Gasteiger partial charge on any atom is -0.466 e. The van der Waals surface area contributed by atoms with Crippen molar-refractivity contribution in [1.82, 2.24) is 0 Å². The molecule has 1 atom stereocenters. The average Bonchev–Trinajstić information content (AvgIpc) is 2.60. The first kappa shape index (κ1) is 13.0. The van der Waals surface area contributed by atoms with Crippen molar-refractivity contribution in [3.05, 3.63) is 57.0 Å². The molecule has 17 heavy (non-hydrogen) atoms. The molecule has 0 saturated carbocycles. The van der Waals surface area contributed by atoms with Gasteiger partial charge in [-0.15, -0.1) is 0 Å². The van der Waals surface area contributed by atoms with Gasteiger partial charge in [0.25, 0.3) is 0 Å². The van der Waals surface area contributed by atoms with E-state index < -0.39 is 0 Å². The van der Waals surface area contributed by atoms with Gasteiger partial charge in [-0.2, -0.15) is 0 Å². The van der Waals surface area contributed by atoms with Crippen LogP contribution in [-0.4, -0.2) is 0 Å². The Kier molecular flexibility index (Phi) is 3.86. The molecule has 4 heteroatoms. The van der Waals surface area contributed by atoms with Gasteiger partial charge in [-0.3, -0.25) is 0 Å². The number of rotatable bonds is 2. The van der Waals surface area contributed by atoms with Crippen LogP contribution in [0.3, 0.4) is 0 Å². The molecular formula is C13H11BrCl2O. The Balaban J connectivity index is 2.46. The summed E-state index contributed by atoms with van der Waals surface area (Å²) in [6, 6.07) is 7.45. The van der Waals surface area contributed by atoms with Crippen LogP contribution < -0.4 is 0 Å². The molecule has 0 N–H and O–H groups in total. The second-order valence-corrected chi connectivity index (χ2v) is 5.66. The third-order valence-electron chi connectivity index (χ3n) is 2.58. The second-order valence-electron chi connectivity index (χ2n) is 3.90. The maximum absolute atomic E-state index is 6.18. The Bertz CT molecular complexity index is 548. The monoisotopic (exact) mass is 332 g/mol. The highest BCUT2D eigenvalue weighted by molar-refractivity contribution is 9.09. The molecule has 1 nitrogen and oxygen atoms in total. The molecule has 90 valence electrons. The molecule has 0 saturated heterocycles. The molecule has 1 aromatic heterocycles. The molecular weight excluding hydrogens is 323 g/mol. The zero-order valence-electron chi connectivity index (χ0n) is 9.43. The van der Waals surface area contributed by atoms with Crippen LogP contribution in [0.25, 0.3) is 0 Å². The van der Waals surface area contributed by atoms with E-state index >= 15 is 0 Å². The van der Waals surface area contributed by atoms with E-state index in [-0.39, 0.29) is 4.83 Å². The van der Waals surface area contributed by atoms with Crippen LogP contribution >= 0.6 is 39.1 Å². The number of hydrogen-bond acceptors (Lipinski definition) is 1. The van der Waals surface area contributed by atoms with Crippen molar-refractivity contribution in [2.75, 3.05) is 0 Å². The number of furan rings is 1. The fourth-order valence-corrected chi connectivity index (χ4v) is 3.15. The first-order valence-electron chi connectivity index (χ1n) is 5.15. The van der Waals surface area contributed by atoms with Crippen LogP contribution in [0.1, 0.15) is 27.5 Å². The lowest BCUT2D eigenvalue weighted by atomic mass is 10.1. The van der Waals surface area contributed by atoms with Gasteiger partial charge in [-0.05, 0) is 43.7 Å². The van der Waals surface area contributed by atoms with E-state index in [0.29, 0.717) is 10.0 Å². The van der Waals surface area contributed by atoms with E-state index in [2.05, 4.69) is 15.9 Å². The first-order valence-corrected chi connectivity index (χ1v) is 6.82. The minimum atomic E-state index is -0.00819. The van der Waals surface area contributed by atoms with E-state index in [1.807, 2.05) is 26.0 Å². The molecule has 0 aliphatic heterocycles. The largest absolute Gasteiger partial charge is 0.466 e. The molecule has 0 spiro atoms. The van der Waals surface area contributed by atoms with Crippen LogP contribution in [0.15, 0.2) is 28.7 Å². The van der Waals surface area contributed by atoms with Crippen molar-refractivity contribution < 1.29 is 4.42 Å². The molecule has 1 heterocycles. The summed E-state index contributed by atoms with van der Waals surface area (Å²) in [4.78, 5) is -0.00819. The number of hydrogen-bond donors (Lipinski definition) is 0. The Morgan fingerprint density at radius 3 is 2.41 bits per heavy atom. The van der Waals surface area contributed by atoms with Gasteiger partial charge in [0.05, 0.1) is 4.83 Å². The molecule has 0 aliphatic rings. The van der Waals surface area contributed by atoms with E-state index in [0.717, 1.165) is 22.6 Å². The van der Waals surface area contributed by atoms with Gasteiger partial charge in [-0.25, -0.2) is 0 Å². The smallest absolute Gasteiger partial charge is 0.105 e. The Morgan fingerprint density at radius 1 is 1.12 bits per heavy atom. The molecule has 2 rings (SSSR count). The van der Waals surface area contributed by atoms with Gasteiger partial charge in [0, 0.05) is 15.6 Å². The van der Waals surface area contributed by atoms with Crippen molar-refractivity contribution in [2.45, 2.75) is 18.7 Å². The molecule has 0 bridgehead atoms. The van der Waals surface area contributed by atoms with E-state index in [1.165, 1.54) is 0 Å². The van der Waals surface area contributed by atoms with E-state index in [9.17, 15) is 0 Å².